The van der Waals surface area contributed by atoms with E-state index in [1.807, 2.05) is 31.1 Å². The maximum atomic E-state index is 13.0. The summed E-state index contributed by atoms with van der Waals surface area (Å²) in [6, 6.07) is 7.27. The molecule has 25 heavy (non-hydrogen) atoms. The third-order valence-corrected chi connectivity index (χ3v) is 4.90. The fourth-order valence-electron chi connectivity index (χ4n) is 2.31. The van der Waals surface area contributed by atoms with Gasteiger partial charge in [0.2, 0.25) is 0 Å². The summed E-state index contributed by atoms with van der Waals surface area (Å²) in [6.45, 7) is 1.28. The number of benzene rings is 1. The second-order valence-corrected chi connectivity index (χ2v) is 7.15. The van der Waals surface area contributed by atoms with E-state index >= 15 is 0 Å². The summed E-state index contributed by atoms with van der Waals surface area (Å²) in [6.07, 6.45) is 1.62. The Hall–Kier alpha value is -1.67. The predicted molar refractivity (Wildman–Crippen MR) is 105 cm³/mol. The van der Waals surface area contributed by atoms with E-state index in [0.717, 1.165) is 16.8 Å². The van der Waals surface area contributed by atoms with Gasteiger partial charge in [-0.3, -0.25) is 14.4 Å². The number of thiazole rings is 1. The van der Waals surface area contributed by atoms with Crippen LogP contribution in [0, 0.1) is 0 Å². The van der Waals surface area contributed by atoms with Crippen LogP contribution in [-0.4, -0.2) is 52.8 Å². The number of halogens is 2. The Morgan fingerprint density at radius 1 is 1.28 bits per heavy atom. The number of aromatic nitrogens is 3. The highest BCUT2D eigenvalue weighted by Gasteiger charge is 2.23. The maximum Gasteiger partial charge on any atom is 0.278 e. The first-order valence-corrected chi connectivity index (χ1v) is 8.66. The van der Waals surface area contributed by atoms with E-state index in [4.69, 9.17) is 11.6 Å². The Morgan fingerprint density at radius 2 is 2.04 bits per heavy atom. The van der Waals surface area contributed by atoms with E-state index in [0.29, 0.717) is 22.4 Å². The quantitative estimate of drug-likeness (QED) is 0.660. The van der Waals surface area contributed by atoms with Gasteiger partial charge in [0.1, 0.15) is 5.69 Å². The van der Waals surface area contributed by atoms with Gasteiger partial charge < -0.3 is 4.90 Å². The summed E-state index contributed by atoms with van der Waals surface area (Å²) in [7, 11) is 5.71. The first-order chi connectivity index (χ1) is 11.5. The summed E-state index contributed by atoms with van der Waals surface area (Å²) in [5.41, 5.74) is 1.37. The van der Waals surface area contributed by atoms with Crippen molar-refractivity contribution < 1.29 is 4.79 Å². The molecule has 3 rings (SSSR count). The van der Waals surface area contributed by atoms with E-state index < -0.39 is 0 Å². The van der Waals surface area contributed by atoms with Crippen molar-refractivity contribution in [1.82, 2.24) is 19.7 Å². The minimum atomic E-state index is -0.109. The molecule has 0 radical (unpaired) electrons. The molecule has 2 heterocycles. The van der Waals surface area contributed by atoms with Crippen LogP contribution in [0.15, 0.2) is 30.5 Å². The molecule has 0 saturated carbocycles. The summed E-state index contributed by atoms with van der Waals surface area (Å²) in [5.74, 6) is -0.109. The molecule has 3 aromatic rings. The third kappa shape index (κ3) is 4.30. The molecule has 0 spiro atoms. The molecule has 9 heteroatoms. The van der Waals surface area contributed by atoms with Gasteiger partial charge in [0.25, 0.3) is 5.91 Å². The van der Waals surface area contributed by atoms with Crippen molar-refractivity contribution in [3.8, 4) is 0 Å². The number of fused-ring (bicyclic) bond motifs is 1. The lowest BCUT2D eigenvalue weighted by atomic mass is 10.3. The number of hydrogen-bond acceptors (Lipinski definition) is 5. The van der Waals surface area contributed by atoms with Crippen LogP contribution in [-0.2, 0) is 7.05 Å². The average Bonchev–Trinajstić information content (AvgIpc) is 3.12. The van der Waals surface area contributed by atoms with Gasteiger partial charge in [-0.2, -0.15) is 5.10 Å². The van der Waals surface area contributed by atoms with E-state index in [2.05, 4.69) is 10.1 Å². The van der Waals surface area contributed by atoms with Crippen molar-refractivity contribution in [3.63, 3.8) is 0 Å². The van der Waals surface area contributed by atoms with Crippen LogP contribution in [0.5, 0.6) is 0 Å². The van der Waals surface area contributed by atoms with Crippen molar-refractivity contribution in [2.24, 2.45) is 7.05 Å². The Balaban J connectivity index is 0.00000225. The number of hydrogen-bond donors (Lipinski definition) is 0. The minimum absolute atomic E-state index is 0. The molecule has 0 saturated heterocycles. The molecule has 0 aliphatic carbocycles. The second kappa shape index (κ2) is 8.14. The predicted octanol–water partition coefficient (Wildman–Crippen LogP) is 3.31. The van der Waals surface area contributed by atoms with Crippen LogP contribution >= 0.6 is 35.3 Å². The summed E-state index contributed by atoms with van der Waals surface area (Å²) < 4.78 is 2.54. The number of likely N-dealkylation sites (N-methyl/N-ethyl adjacent to an activating group) is 1. The largest absolute Gasteiger partial charge is 0.308 e. The zero-order chi connectivity index (χ0) is 17.3. The van der Waals surface area contributed by atoms with Gasteiger partial charge in [-0.25, -0.2) is 4.98 Å². The van der Waals surface area contributed by atoms with E-state index in [9.17, 15) is 4.79 Å². The standard InChI is InChI=1S/C16H18ClN5OS.ClH/c1-20(2)8-9-22(15(23)13-6-7-18-21(13)3)16-19-12-5-4-11(17)10-14(12)24-16;/h4-7,10H,8-9H2,1-3H3;1H. The number of aryl methyl sites for hydroxylation is 1. The Bertz CT molecular complexity index is 876. The van der Waals surface area contributed by atoms with E-state index in [-0.39, 0.29) is 18.3 Å². The van der Waals surface area contributed by atoms with Crippen molar-refractivity contribution in [2.45, 2.75) is 0 Å². The first kappa shape index (κ1) is 19.7. The van der Waals surface area contributed by atoms with E-state index in [1.165, 1.54) is 11.3 Å². The fraction of sp³-hybridized carbons (Fsp3) is 0.312. The SMILES string of the molecule is CN(C)CCN(C(=O)c1ccnn1C)c1nc2ccc(Cl)cc2s1.Cl. The molecule has 6 nitrogen and oxygen atoms in total. The molecule has 1 aromatic carbocycles. The highest BCUT2D eigenvalue weighted by molar-refractivity contribution is 7.22. The Kier molecular flexibility index (Phi) is 6.40. The second-order valence-electron chi connectivity index (χ2n) is 5.71. The van der Waals surface area contributed by atoms with Crippen molar-refractivity contribution in [2.75, 3.05) is 32.1 Å². The Labute approximate surface area is 161 Å². The number of rotatable bonds is 5. The average molecular weight is 400 g/mol. The number of carbonyl (C=O) groups is 1. The van der Waals surface area contributed by atoms with Crippen molar-refractivity contribution >= 4 is 56.6 Å². The number of amides is 1. The van der Waals surface area contributed by atoms with Gasteiger partial charge in [-0.05, 0) is 38.4 Å². The topological polar surface area (TPSA) is 54.3 Å². The number of nitrogens with zero attached hydrogens (tertiary/aromatic N) is 5. The normalized spacial score (nSPS) is 10.9. The highest BCUT2D eigenvalue weighted by atomic mass is 35.5. The lowest BCUT2D eigenvalue weighted by Crippen LogP contribution is -2.37. The van der Waals surface area contributed by atoms with Crippen LogP contribution in [0.25, 0.3) is 10.2 Å². The fourth-order valence-corrected chi connectivity index (χ4v) is 3.57. The molecular weight excluding hydrogens is 381 g/mol. The first-order valence-electron chi connectivity index (χ1n) is 7.46. The summed E-state index contributed by atoms with van der Waals surface area (Å²) in [4.78, 5) is 21.3. The van der Waals surface area contributed by atoms with Gasteiger partial charge in [0.05, 0.1) is 10.2 Å². The molecule has 0 unspecified atom stereocenters. The smallest absolute Gasteiger partial charge is 0.278 e. The molecule has 1 amide bonds. The molecule has 2 aromatic heterocycles. The van der Waals surface area contributed by atoms with Crippen LogP contribution in [0.1, 0.15) is 10.5 Å². The molecular formula is C16H19Cl2N5OS. The number of anilines is 1. The lowest BCUT2D eigenvalue weighted by Gasteiger charge is -2.21. The number of carbonyl (C=O) groups excluding carboxylic acids is 1. The molecule has 134 valence electrons. The Morgan fingerprint density at radius 3 is 2.68 bits per heavy atom. The van der Waals surface area contributed by atoms with E-state index in [1.54, 1.807) is 35.0 Å². The maximum absolute atomic E-state index is 13.0. The molecule has 0 aliphatic heterocycles. The van der Waals surface area contributed by atoms with Gasteiger partial charge in [-0.1, -0.05) is 22.9 Å². The lowest BCUT2D eigenvalue weighted by molar-refractivity contribution is 0.0976. The highest BCUT2D eigenvalue weighted by Crippen LogP contribution is 2.31. The molecule has 0 atom stereocenters. The van der Waals surface area contributed by atoms with Crippen molar-refractivity contribution in [3.05, 3.63) is 41.2 Å². The van der Waals surface area contributed by atoms with Crippen LogP contribution in [0.4, 0.5) is 5.13 Å². The minimum Gasteiger partial charge on any atom is -0.308 e. The molecule has 0 aliphatic rings. The third-order valence-electron chi connectivity index (χ3n) is 3.63. The molecule has 0 bridgehead atoms. The van der Waals surface area contributed by atoms with Gasteiger partial charge in [-0.15, -0.1) is 12.4 Å². The monoisotopic (exact) mass is 399 g/mol. The van der Waals surface area contributed by atoms with Crippen molar-refractivity contribution in [1.29, 1.82) is 0 Å². The van der Waals surface area contributed by atoms with Gasteiger partial charge in [0, 0.05) is 31.4 Å². The van der Waals surface area contributed by atoms with Crippen LogP contribution < -0.4 is 4.90 Å². The molecule has 0 N–H and O–H groups in total. The molecule has 0 fully saturated rings. The van der Waals surface area contributed by atoms with Gasteiger partial charge >= 0.3 is 0 Å². The van der Waals surface area contributed by atoms with Crippen LogP contribution in [0.3, 0.4) is 0 Å². The van der Waals surface area contributed by atoms with Gasteiger partial charge in [0.15, 0.2) is 5.13 Å². The zero-order valence-corrected chi connectivity index (χ0v) is 16.5. The summed E-state index contributed by atoms with van der Waals surface area (Å²) >= 11 is 7.52. The summed E-state index contributed by atoms with van der Waals surface area (Å²) in [5, 5.41) is 5.42. The zero-order valence-electron chi connectivity index (χ0n) is 14.1. The van der Waals surface area contributed by atoms with Crippen LogP contribution in [0.2, 0.25) is 5.02 Å².